The summed E-state index contributed by atoms with van der Waals surface area (Å²) < 4.78 is 61.1. The van der Waals surface area contributed by atoms with Crippen LogP contribution in [0.15, 0.2) is 54.6 Å². The van der Waals surface area contributed by atoms with Gasteiger partial charge in [0.15, 0.2) is 0 Å². The molecule has 7 nitrogen and oxygen atoms in total. The van der Waals surface area contributed by atoms with Gasteiger partial charge in [-0.3, -0.25) is 4.79 Å². The zero-order valence-corrected chi connectivity index (χ0v) is 20.9. The minimum Gasteiger partial charge on any atom is -0.465 e. The van der Waals surface area contributed by atoms with Gasteiger partial charge in [-0.15, -0.1) is 0 Å². The van der Waals surface area contributed by atoms with E-state index in [0.29, 0.717) is 10.7 Å². The van der Waals surface area contributed by atoms with Crippen LogP contribution in [0, 0.1) is 5.82 Å². The van der Waals surface area contributed by atoms with E-state index in [4.69, 9.17) is 11.6 Å². The van der Waals surface area contributed by atoms with Crippen LogP contribution in [0.1, 0.15) is 40.1 Å². The van der Waals surface area contributed by atoms with E-state index in [1.165, 1.54) is 24.3 Å². The SMILES string of the molecule is CC.COC(=O)c1ccc(-c2nn(C(=O)c3c(Cl)cccc3C(F)(F)F)c3cc(B(O)O)ccc23)c(F)c1. The Balaban J connectivity index is 0.00000195. The number of hydrogen-bond donors (Lipinski definition) is 2. The number of aromatic nitrogens is 2. The van der Waals surface area contributed by atoms with Crippen LogP contribution in [0.4, 0.5) is 17.6 Å². The van der Waals surface area contributed by atoms with Gasteiger partial charge in [-0.25, -0.2) is 9.18 Å². The normalized spacial score (nSPS) is 11.1. The van der Waals surface area contributed by atoms with Gasteiger partial charge in [0.2, 0.25) is 0 Å². The topological polar surface area (TPSA) is 102 Å². The average Bonchev–Trinajstić information content (AvgIpc) is 3.26. The summed E-state index contributed by atoms with van der Waals surface area (Å²) in [4.78, 5) is 25.1. The van der Waals surface area contributed by atoms with Crippen molar-refractivity contribution in [1.29, 1.82) is 0 Å². The van der Waals surface area contributed by atoms with E-state index in [1.54, 1.807) is 0 Å². The average molecular weight is 551 g/mol. The number of carbonyl (C=O) groups excluding carboxylic acids is 2. The van der Waals surface area contributed by atoms with Crippen LogP contribution in [0.5, 0.6) is 0 Å². The highest BCUT2D eigenvalue weighted by molar-refractivity contribution is 6.59. The number of carbonyl (C=O) groups is 2. The zero-order chi connectivity index (χ0) is 28.4. The largest absolute Gasteiger partial charge is 0.488 e. The highest BCUT2D eigenvalue weighted by atomic mass is 35.5. The lowest BCUT2D eigenvalue weighted by Gasteiger charge is -2.13. The number of fused-ring (bicyclic) bond motifs is 1. The molecule has 13 heteroatoms. The van der Waals surface area contributed by atoms with Crippen molar-refractivity contribution < 1.29 is 41.9 Å². The first-order valence-corrected chi connectivity index (χ1v) is 11.5. The molecule has 0 bridgehead atoms. The van der Waals surface area contributed by atoms with Crippen LogP contribution in [-0.2, 0) is 10.9 Å². The zero-order valence-electron chi connectivity index (χ0n) is 20.2. The molecule has 198 valence electrons. The second kappa shape index (κ2) is 11.3. The van der Waals surface area contributed by atoms with Gasteiger partial charge < -0.3 is 14.8 Å². The van der Waals surface area contributed by atoms with Crippen LogP contribution < -0.4 is 5.46 Å². The van der Waals surface area contributed by atoms with E-state index in [1.807, 2.05) is 13.8 Å². The first-order chi connectivity index (χ1) is 17.9. The molecule has 0 spiro atoms. The monoisotopic (exact) mass is 550 g/mol. The number of hydrogen-bond acceptors (Lipinski definition) is 6. The summed E-state index contributed by atoms with van der Waals surface area (Å²) in [5, 5.41) is 22.8. The maximum absolute atomic E-state index is 15.0. The number of benzene rings is 3. The fourth-order valence-corrected chi connectivity index (χ4v) is 3.94. The standard InChI is InChI=1S/C23H14BClF4N2O5.C2H6/c1-36-22(33)11-5-7-13(17(26)9-11)20-14-8-6-12(24(34)35)10-18(14)31(30-20)21(32)19-15(23(27,28)29)3-2-4-16(19)25;1-2/h2-10,34-35H,1H3;1-2H3. The summed E-state index contributed by atoms with van der Waals surface area (Å²) in [6, 6.07) is 9.85. The van der Waals surface area contributed by atoms with Crippen LogP contribution >= 0.6 is 11.6 Å². The van der Waals surface area contributed by atoms with E-state index < -0.39 is 47.1 Å². The van der Waals surface area contributed by atoms with Gasteiger partial charge in [-0.1, -0.05) is 43.6 Å². The maximum Gasteiger partial charge on any atom is 0.488 e. The predicted molar refractivity (Wildman–Crippen MR) is 134 cm³/mol. The van der Waals surface area contributed by atoms with Gasteiger partial charge in [0.05, 0.1) is 34.3 Å². The maximum atomic E-state index is 15.0. The molecule has 0 aliphatic rings. The summed E-state index contributed by atoms with van der Waals surface area (Å²) in [5.41, 5.74) is -2.85. The number of esters is 1. The fraction of sp³-hybridized carbons (Fsp3) is 0.160. The number of nitrogens with zero attached hydrogens (tertiary/aromatic N) is 2. The highest BCUT2D eigenvalue weighted by Crippen LogP contribution is 2.37. The molecule has 0 aliphatic carbocycles. The molecule has 0 radical (unpaired) electrons. The van der Waals surface area contributed by atoms with Crippen LogP contribution in [-0.4, -0.2) is 45.9 Å². The molecule has 0 atom stereocenters. The highest BCUT2D eigenvalue weighted by Gasteiger charge is 2.37. The molecule has 1 aromatic heterocycles. The third kappa shape index (κ3) is 5.42. The molecule has 0 fully saturated rings. The van der Waals surface area contributed by atoms with Crippen LogP contribution in [0.2, 0.25) is 5.02 Å². The van der Waals surface area contributed by atoms with Crippen molar-refractivity contribution in [3.63, 3.8) is 0 Å². The lowest BCUT2D eigenvalue weighted by molar-refractivity contribution is -0.137. The van der Waals surface area contributed by atoms with E-state index in [-0.39, 0.29) is 33.2 Å². The van der Waals surface area contributed by atoms with Gasteiger partial charge in [0.25, 0.3) is 5.91 Å². The molecular formula is C25H20BClF4N2O5. The molecule has 4 aromatic rings. The van der Waals surface area contributed by atoms with Crippen molar-refractivity contribution in [3.8, 4) is 11.3 Å². The molecule has 3 aromatic carbocycles. The van der Waals surface area contributed by atoms with Gasteiger partial charge in [0, 0.05) is 10.9 Å². The van der Waals surface area contributed by atoms with Gasteiger partial charge in [-0.2, -0.15) is 23.0 Å². The molecule has 1 heterocycles. The Bertz CT molecular complexity index is 1520. The Kier molecular flexibility index (Phi) is 8.60. The van der Waals surface area contributed by atoms with Gasteiger partial charge in [0.1, 0.15) is 11.5 Å². The van der Waals surface area contributed by atoms with Crippen molar-refractivity contribution in [2.45, 2.75) is 20.0 Å². The van der Waals surface area contributed by atoms with E-state index >= 15 is 0 Å². The Hall–Kier alpha value is -3.74. The molecule has 0 unspecified atom stereocenters. The number of methoxy groups -OCH3 is 1. The Labute approximate surface area is 219 Å². The van der Waals surface area contributed by atoms with Gasteiger partial charge in [-0.05, 0) is 41.9 Å². The second-order valence-electron chi connectivity index (χ2n) is 7.56. The van der Waals surface area contributed by atoms with E-state index in [0.717, 1.165) is 31.4 Å². The summed E-state index contributed by atoms with van der Waals surface area (Å²) in [7, 11) is -0.857. The van der Waals surface area contributed by atoms with E-state index in [2.05, 4.69) is 9.84 Å². The molecular weight excluding hydrogens is 531 g/mol. The third-order valence-electron chi connectivity index (χ3n) is 5.37. The van der Waals surface area contributed by atoms with Crippen molar-refractivity contribution in [3.05, 3.63) is 82.1 Å². The molecule has 0 aliphatic heterocycles. The smallest absolute Gasteiger partial charge is 0.465 e. The molecule has 0 saturated heterocycles. The lowest BCUT2D eigenvalue weighted by atomic mass is 9.80. The lowest BCUT2D eigenvalue weighted by Crippen LogP contribution is -2.30. The van der Waals surface area contributed by atoms with Crippen molar-refractivity contribution in [2.24, 2.45) is 0 Å². The summed E-state index contributed by atoms with van der Waals surface area (Å²) >= 11 is 5.98. The minimum atomic E-state index is -4.93. The number of halogens is 5. The predicted octanol–water partition coefficient (Wildman–Crippen LogP) is 4.70. The van der Waals surface area contributed by atoms with Crippen molar-refractivity contribution >= 4 is 47.0 Å². The first-order valence-electron chi connectivity index (χ1n) is 11.1. The summed E-state index contributed by atoms with van der Waals surface area (Å²) in [6.07, 6.45) is -4.93. The Morgan fingerprint density at radius 3 is 2.32 bits per heavy atom. The molecule has 38 heavy (non-hydrogen) atoms. The van der Waals surface area contributed by atoms with Gasteiger partial charge >= 0.3 is 19.3 Å². The minimum absolute atomic E-state index is 0.0975. The van der Waals surface area contributed by atoms with E-state index in [9.17, 15) is 37.2 Å². The molecule has 2 N–H and O–H groups in total. The number of ether oxygens (including phenoxy) is 1. The third-order valence-corrected chi connectivity index (χ3v) is 5.69. The molecule has 0 amide bonds. The summed E-state index contributed by atoms with van der Waals surface area (Å²) in [5.74, 6) is -3.00. The first kappa shape index (κ1) is 28.8. The second-order valence-corrected chi connectivity index (χ2v) is 7.97. The summed E-state index contributed by atoms with van der Waals surface area (Å²) in [6.45, 7) is 4.00. The number of alkyl halides is 3. The molecule has 0 saturated carbocycles. The Morgan fingerprint density at radius 1 is 1.05 bits per heavy atom. The van der Waals surface area contributed by atoms with Crippen molar-refractivity contribution in [1.82, 2.24) is 9.78 Å². The van der Waals surface area contributed by atoms with Crippen LogP contribution in [0.25, 0.3) is 22.2 Å². The molecule has 4 rings (SSSR count). The van der Waals surface area contributed by atoms with Crippen molar-refractivity contribution in [2.75, 3.05) is 7.11 Å². The fourth-order valence-electron chi connectivity index (χ4n) is 3.68. The number of rotatable bonds is 4. The Morgan fingerprint density at radius 2 is 1.74 bits per heavy atom. The quantitative estimate of drug-likeness (QED) is 0.217. The van der Waals surface area contributed by atoms with Crippen LogP contribution in [0.3, 0.4) is 0 Å².